The number of carbonyl (C=O) groups is 1. The largest absolute Gasteiger partial charge is 0.506 e. The van der Waals surface area contributed by atoms with E-state index in [0.717, 1.165) is 0 Å². The summed E-state index contributed by atoms with van der Waals surface area (Å²) in [5.74, 6) is -0.260. The van der Waals surface area contributed by atoms with Crippen LogP contribution in [0, 0.1) is 0 Å². The number of aromatic carboxylic acids is 1. The van der Waals surface area contributed by atoms with Crippen molar-refractivity contribution in [2.45, 2.75) is 19.8 Å². The van der Waals surface area contributed by atoms with Gasteiger partial charge in [0.05, 0.1) is 11.7 Å². The van der Waals surface area contributed by atoms with E-state index in [2.05, 4.69) is 4.98 Å². The summed E-state index contributed by atoms with van der Waals surface area (Å²) in [6, 6.07) is 3.01. The maximum atomic E-state index is 11.0. The molecule has 5 heteroatoms. The molecule has 0 radical (unpaired) electrons. The molecule has 0 atom stereocenters. The molecule has 0 bridgehead atoms. The fraction of sp³-hybridized carbons (Fsp3) is 0.273. The van der Waals surface area contributed by atoms with E-state index in [-0.39, 0.29) is 17.4 Å². The first-order valence-electron chi connectivity index (χ1n) is 4.95. The number of rotatable bonds is 2. The molecule has 16 heavy (non-hydrogen) atoms. The second-order valence-electron chi connectivity index (χ2n) is 3.92. The van der Waals surface area contributed by atoms with Crippen molar-refractivity contribution in [1.82, 2.24) is 9.38 Å². The second kappa shape index (κ2) is 3.52. The lowest BCUT2D eigenvalue weighted by atomic mass is 10.2. The monoisotopic (exact) mass is 220 g/mol. The van der Waals surface area contributed by atoms with Crippen LogP contribution in [-0.4, -0.2) is 25.6 Å². The number of aromatic nitrogens is 2. The highest BCUT2D eigenvalue weighted by Gasteiger charge is 2.18. The Morgan fingerprint density at radius 2 is 2.12 bits per heavy atom. The molecule has 0 unspecified atom stereocenters. The Morgan fingerprint density at radius 1 is 1.44 bits per heavy atom. The van der Waals surface area contributed by atoms with Gasteiger partial charge in [-0.2, -0.15) is 0 Å². The molecule has 2 heterocycles. The summed E-state index contributed by atoms with van der Waals surface area (Å²) in [6.45, 7) is 3.84. The van der Waals surface area contributed by atoms with Crippen molar-refractivity contribution in [2.75, 3.05) is 0 Å². The van der Waals surface area contributed by atoms with Crippen LogP contribution in [0.4, 0.5) is 0 Å². The number of carboxylic acid groups (broad SMARTS) is 1. The first-order chi connectivity index (χ1) is 7.50. The lowest BCUT2D eigenvalue weighted by molar-refractivity contribution is 0.0693. The van der Waals surface area contributed by atoms with E-state index in [1.165, 1.54) is 12.3 Å². The van der Waals surface area contributed by atoms with Crippen LogP contribution in [0.5, 0.6) is 5.75 Å². The summed E-state index contributed by atoms with van der Waals surface area (Å²) in [4.78, 5) is 15.1. The van der Waals surface area contributed by atoms with Gasteiger partial charge in [-0.1, -0.05) is 13.8 Å². The Kier molecular flexibility index (Phi) is 2.30. The van der Waals surface area contributed by atoms with Crippen molar-refractivity contribution in [2.24, 2.45) is 0 Å². The number of imidazole rings is 1. The van der Waals surface area contributed by atoms with Gasteiger partial charge in [-0.3, -0.25) is 4.40 Å². The lowest BCUT2D eigenvalue weighted by Gasteiger charge is -2.03. The van der Waals surface area contributed by atoms with E-state index >= 15 is 0 Å². The van der Waals surface area contributed by atoms with E-state index < -0.39 is 5.97 Å². The fourth-order valence-corrected chi connectivity index (χ4v) is 1.66. The zero-order valence-electron chi connectivity index (χ0n) is 9.01. The number of hydrogen-bond donors (Lipinski definition) is 2. The molecular formula is C11H12N2O3. The molecule has 84 valence electrons. The van der Waals surface area contributed by atoms with Crippen molar-refractivity contribution >= 4 is 11.5 Å². The topological polar surface area (TPSA) is 74.8 Å². The number of hydrogen-bond acceptors (Lipinski definition) is 3. The van der Waals surface area contributed by atoms with Crippen LogP contribution in [0.3, 0.4) is 0 Å². The predicted octanol–water partition coefficient (Wildman–Crippen LogP) is 1.86. The first kappa shape index (κ1) is 10.5. The van der Waals surface area contributed by atoms with Crippen LogP contribution in [0.25, 0.3) is 5.52 Å². The molecule has 2 N–H and O–H groups in total. The molecule has 0 aliphatic carbocycles. The van der Waals surface area contributed by atoms with Crippen LogP contribution >= 0.6 is 0 Å². The van der Waals surface area contributed by atoms with Gasteiger partial charge in [-0.15, -0.1) is 0 Å². The van der Waals surface area contributed by atoms with Crippen molar-refractivity contribution in [3.05, 3.63) is 29.8 Å². The quantitative estimate of drug-likeness (QED) is 0.810. The number of nitrogens with zero attached hydrogens (tertiary/aromatic N) is 2. The lowest BCUT2D eigenvalue weighted by Crippen LogP contribution is -1.97. The molecule has 0 fully saturated rings. The summed E-state index contributed by atoms with van der Waals surface area (Å²) in [5.41, 5.74) is 0.512. The molecule has 2 aromatic heterocycles. The Balaban J connectivity index is 2.81. The van der Waals surface area contributed by atoms with E-state index in [4.69, 9.17) is 5.11 Å². The molecule has 0 aromatic carbocycles. The third kappa shape index (κ3) is 1.50. The van der Waals surface area contributed by atoms with Gasteiger partial charge < -0.3 is 10.2 Å². The summed E-state index contributed by atoms with van der Waals surface area (Å²) in [6.07, 6.45) is 1.48. The first-order valence-corrected chi connectivity index (χ1v) is 4.95. The molecule has 0 aliphatic rings. The van der Waals surface area contributed by atoms with E-state index in [1.54, 1.807) is 10.5 Å². The molecule has 0 amide bonds. The maximum absolute atomic E-state index is 11.0. The van der Waals surface area contributed by atoms with E-state index in [1.807, 2.05) is 13.8 Å². The van der Waals surface area contributed by atoms with Crippen LogP contribution in [0.1, 0.15) is 36.1 Å². The Bertz CT molecular complexity index is 558. The van der Waals surface area contributed by atoms with Crippen molar-refractivity contribution in [3.8, 4) is 5.75 Å². The van der Waals surface area contributed by atoms with Gasteiger partial charge in [0, 0.05) is 5.92 Å². The standard InChI is InChI=1S/C11H12N2O3/c1-6(2)10-12-9(11(15)16)8-4-3-7(14)5-13(8)10/h3-6,14H,1-2H3,(H,15,16). The van der Waals surface area contributed by atoms with Crippen molar-refractivity contribution in [3.63, 3.8) is 0 Å². The van der Waals surface area contributed by atoms with Crippen LogP contribution in [-0.2, 0) is 0 Å². The highest BCUT2D eigenvalue weighted by atomic mass is 16.4. The average molecular weight is 220 g/mol. The summed E-state index contributed by atoms with van der Waals surface area (Å²) < 4.78 is 1.61. The van der Waals surface area contributed by atoms with Gasteiger partial charge in [-0.25, -0.2) is 9.78 Å². The van der Waals surface area contributed by atoms with Crippen LogP contribution in [0.2, 0.25) is 0 Å². The van der Waals surface area contributed by atoms with Gasteiger partial charge in [0.25, 0.3) is 0 Å². The maximum Gasteiger partial charge on any atom is 0.356 e. The highest BCUT2D eigenvalue weighted by Crippen LogP contribution is 2.22. The van der Waals surface area contributed by atoms with Gasteiger partial charge in [0.2, 0.25) is 0 Å². The Morgan fingerprint density at radius 3 is 2.69 bits per heavy atom. The minimum absolute atomic E-state index is 0.0173. The smallest absolute Gasteiger partial charge is 0.356 e. The van der Waals surface area contributed by atoms with Crippen molar-refractivity contribution < 1.29 is 15.0 Å². The van der Waals surface area contributed by atoms with Gasteiger partial charge in [0.1, 0.15) is 11.6 Å². The van der Waals surface area contributed by atoms with E-state index in [9.17, 15) is 9.90 Å². The average Bonchev–Trinajstić information content (AvgIpc) is 2.56. The molecular weight excluding hydrogens is 208 g/mol. The minimum atomic E-state index is -1.06. The summed E-state index contributed by atoms with van der Waals surface area (Å²) >= 11 is 0. The minimum Gasteiger partial charge on any atom is -0.506 e. The zero-order chi connectivity index (χ0) is 11.9. The number of carboxylic acids is 1. The summed E-state index contributed by atoms with van der Waals surface area (Å²) in [7, 11) is 0. The third-order valence-electron chi connectivity index (χ3n) is 2.37. The number of pyridine rings is 1. The zero-order valence-corrected chi connectivity index (χ0v) is 9.01. The SMILES string of the molecule is CC(C)c1nc(C(=O)O)c2ccc(O)cn12. The van der Waals surface area contributed by atoms with Gasteiger partial charge in [-0.05, 0) is 12.1 Å². The molecule has 2 rings (SSSR count). The third-order valence-corrected chi connectivity index (χ3v) is 2.37. The molecule has 5 nitrogen and oxygen atoms in total. The molecule has 0 saturated heterocycles. The molecule has 0 aliphatic heterocycles. The Hall–Kier alpha value is -2.04. The molecule has 2 aromatic rings. The normalized spacial score (nSPS) is 11.2. The molecule has 0 saturated carbocycles. The molecule has 0 spiro atoms. The van der Waals surface area contributed by atoms with E-state index in [0.29, 0.717) is 11.3 Å². The summed E-state index contributed by atoms with van der Waals surface area (Å²) in [5, 5.41) is 18.4. The fourth-order valence-electron chi connectivity index (χ4n) is 1.66. The van der Waals surface area contributed by atoms with Gasteiger partial charge in [0.15, 0.2) is 5.69 Å². The highest BCUT2D eigenvalue weighted by molar-refractivity contribution is 5.93. The van der Waals surface area contributed by atoms with Gasteiger partial charge >= 0.3 is 5.97 Å². The second-order valence-corrected chi connectivity index (χ2v) is 3.92. The van der Waals surface area contributed by atoms with Crippen molar-refractivity contribution in [1.29, 1.82) is 0 Å². The van der Waals surface area contributed by atoms with Crippen LogP contribution < -0.4 is 0 Å². The predicted molar refractivity (Wildman–Crippen MR) is 57.9 cm³/mol. The van der Waals surface area contributed by atoms with Crippen LogP contribution in [0.15, 0.2) is 18.3 Å². The Labute approximate surface area is 92.0 Å². The number of fused-ring (bicyclic) bond motifs is 1. The number of aromatic hydroxyl groups is 1.